The van der Waals surface area contributed by atoms with Gasteiger partial charge in [-0.3, -0.25) is 0 Å². The largest absolute Gasteiger partial charge is 0.486 e. The van der Waals surface area contributed by atoms with Crippen molar-refractivity contribution in [2.45, 2.75) is 25.7 Å². The number of piperidine rings is 1. The molecule has 0 bridgehead atoms. The molecule has 0 aliphatic carbocycles. The Morgan fingerprint density at radius 2 is 1.86 bits per heavy atom. The van der Waals surface area contributed by atoms with Crippen LogP contribution in [-0.4, -0.2) is 36.3 Å². The number of aromatic amines is 1. The molecule has 1 saturated heterocycles. The summed E-state index contributed by atoms with van der Waals surface area (Å²) in [5, 5.41) is 3.41. The first-order chi connectivity index (χ1) is 10.4. The highest BCUT2D eigenvalue weighted by atomic mass is 16.6. The van der Waals surface area contributed by atoms with E-state index >= 15 is 0 Å². The highest BCUT2D eigenvalue weighted by Gasteiger charge is 2.16. The second-order valence-electron chi connectivity index (χ2n) is 5.93. The minimum absolute atomic E-state index is 0.617. The molecule has 2 N–H and O–H groups in total. The van der Waals surface area contributed by atoms with Crippen LogP contribution >= 0.6 is 0 Å². The summed E-state index contributed by atoms with van der Waals surface area (Å²) in [5.74, 6) is 3.54. The Labute approximate surface area is 124 Å². The predicted molar refractivity (Wildman–Crippen MR) is 81.0 cm³/mol. The van der Waals surface area contributed by atoms with Gasteiger partial charge in [0.15, 0.2) is 11.5 Å². The van der Waals surface area contributed by atoms with Crippen molar-refractivity contribution in [1.29, 1.82) is 0 Å². The highest BCUT2D eigenvalue weighted by Crippen LogP contribution is 2.33. The quantitative estimate of drug-likeness (QED) is 0.909. The molecule has 0 unspecified atom stereocenters. The fourth-order valence-electron chi connectivity index (χ4n) is 3.23. The van der Waals surface area contributed by atoms with Gasteiger partial charge in [0.25, 0.3) is 0 Å². The number of aromatic nitrogens is 2. The summed E-state index contributed by atoms with van der Waals surface area (Å²) in [5.41, 5.74) is 2.01. The van der Waals surface area contributed by atoms with Crippen LogP contribution < -0.4 is 14.8 Å². The van der Waals surface area contributed by atoms with Crippen LogP contribution in [0.3, 0.4) is 0 Å². The summed E-state index contributed by atoms with van der Waals surface area (Å²) >= 11 is 0. The van der Waals surface area contributed by atoms with Crippen LogP contribution in [0.15, 0.2) is 12.1 Å². The van der Waals surface area contributed by atoms with Crippen LogP contribution in [0.25, 0.3) is 11.0 Å². The van der Waals surface area contributed by atoms with Crippen LogP contribution in [0.2, 0.25) is 0 Å². The third kappa shape index (κ3) is 2.70. The number of imidazole rings is 1. The number of rotatable bonds is 3. The van der Waals surface area contributed by atoms with Gasteiger partial charge in [-0.15, -0.1) is 0 Å². The van der Waals surface area contributed by atoms with Crippen molar-refractivity contribution in [2.24, 2.45) is 5.92 Å². The smallest absolute Gasteiger partial charge is 0.163 e. The monoisotopic (exact) mass is 287 g/mol. The van der Waals surface area contributed by atoms with Gasteiger partial charge in [0, 0.05) is 18.6 Å². The standard InChI is InChI=1S/C16H21N3O2/c1(11-3-5-17-6-4-11)2-16-18-12-9-14-15(10-13(12)19-16)21-8-7-20-14/h9-11,17H,1-8H2,(H,18,19). The van der Waals surface area contributed by atoms with Crippen molar-refractivity contribution in [2.75, 3.05) is 26.3 Å². The summed E-state index contributed by atoms with van der Waals surface area (Å²) in [6.45, 7) is 3.55. The average Bonchev–Trinajstić information content (AvgIpc) is 2.93. The first-order valence-electron chi connectivity index (χ1n) is 7.87. The molecule has 2 aromatic rings. The molecule has 0 atom stereocenters. The topological polar surface area (TPSA) is 59.2 Å². The lowest BCUT2D eigenvalue weighted by molar-refractivity contribution is 0.172. The zero-order valence-electron chi connectivity index (χ0n) is 12.2. The highest BCUT2D eigenvalue weighted by molar-refractivity contribution is 5.79. The lowest BCUT2D eigenvalue weighted by Crippen LogP contribution is -2.27. The Hall–Kier alpha value is -1.75. The van der Waals surface area contributed by atoms with Gasteiger partial charge in [0.2, 0.25) is 0 Å². The number of ether oxygens (including phenoxy) is 2. The molecule has 21 heavy (non-hydrogen) atoms. The summed E-state index contributed by atoms with van der Waals surface area (Å²) in [6, 6.07) is 3.99. The van der Waals surface area contributed by atoms with E-state index in [0.29, 0.717) is 13.2 Å². The van der Waals surface area contributed by atoms with E-state index in [4.69, 9.17) is 14.5 Å². The van der Waals surface area contributed by atoms with Crippen LogP contribution in [0.1, 0.15) is 25.1 Å². The molecular formula is C16H21N3O2. The van der Waals surface area contributed by atoms with Gasteiger partial charge < -0.3 is 19.8 Å². The fraction of sp³-hybridized carbons (Fsp3) is 0.562. The van der Waals surface area contributed by atoms with Gasteiger partial charge in [-0.05, 0) is 38.3 Å². The van der Waals surface area contributed by atoms with Gasteiger partial charge in [0.1, 0.15) is 19.0 Å². The Balaban J connectivity index is 1.50. The normalized spacial score (nSPS) is 19.0. The zero-order chi connectivity index (χ0) is 14.1. The predicted octanol–water partition coefficient (Wildman–Crippen LogP) is 2.27. The third-order valence-corrected chi connectivity index (χ3v) is 4.44. The number of hydrogen-bond acceptors (Lipinski definition) is 4. The summed E-state index contributed by atoms with van der Waals surface area (Å²) in [7, 11) is 0. The third-order valence-electron chi connectivity index (χ3n) is 4.44. The van der Waals surface area contributed by atoms with Crippen molar-refractivity contribution in [3.05, 3.63) is 18.0 Å². The van der Waals surface area contributed by atoms with Crippen molar-refractivity contribution >= 4 is 11.0 Å². The molecular weight excluding hydrogens is 266 g/mol. The molecule has 1 aromatic carbocycles. The number of benzene rings is 1. The molecule has 5 nitrogen and oxygen atoms in total. The lowest BCUT2D eigenvalue weighted by atomic mass is 9.93. The number of nitrogens with one attached hydrogen (secondary N) is 2. The van der Waals surface area contributed by atoms with Crippen LogP contribution in [0.4, 0.5) is 0 Å². The van der Waals surface area contributed by atoms with Gasteiger partial charge in [-0.2, -0.15) is 0 Å². The van der Waals surface area contributed by atoms with Gasteiger partial charge >= 0.3 is 0 Å². The molecule has 0 radical (unpaired) electrons. The Kier molecular flexibility index (Phi) is 3.43. The maximum atomic E-state index is 5.62. The van der Waals surface area contributed by atoms with Crippen LogP contribution in [0.5, 0.6) is 11.5 Å². The van der Waals surface area contributed by atoms with E-state index < -0.39 is 0 Å². The lowest BCUT2D eigenvalue weighted by Gasteiger charge is -2.21. The number of H-pyrrole nitrogens is 1. The molecule has 3 heterocycles. The van der Waals surface area contributed by atoms with E-state index in [1.807, 2.05) is 12.1 Å². The molecule has 0 amide bonds. The molecule has 1 aromatic heterocycles. The molecule has 112 valence electrons. The van der Waals surface area contributed by atoms with Crippen molar-refractivity contribution in [3.63, 3.8) is 0 Å². The van der Waals surface area contributed by atoms with Crippen molar-refractivity contribution in [1.82, 2.24) is 15.3 Å². The molecule has 4 rings (SSSR count). The van der Waals surface area contributed by atoms with E-state index in [0.717, 1.165) is 53.8 Å². The molecule has 1 fully saturated rings. The second-order valence-corrected chi connectivity index (χ2v) is 5.93. The van der Waals surface area contributed by atoms with Crippen molar-refractivity contribution in [3.8, 4) is 11.5 Å². The summed E-state index contributed by atoms with van der Waals surface area (Å²) in [6.07, 6.45) is 4.81. The van der Waals surface area contributed by atoms with E-state index in [1.165, 1.54) is 19.3 Å². The van der Waals surface area contributed by atoms with E-state index in [-0.39, 0.29) is 0 Å². The Bertz CT molecular complexity index is 589. The maximum Gasteiger partial charge on any atom is 0.163 e. The SMILES string of the molecule is c1c2c(cc3[nH]c(CCC4CCNCC4)nc13)OCCO2. The Morgan fingerprint density at radius 3 is 2.67 bits per heavy atom. The Morgan fingerprint density at radius 1 is 1.10 bits per heavy atom. The second kappa shape index (κ2) is 5.56. The molecule has 2 aliphatic heterocycles. The minimum atomic E-state index is 0.617. The van der Waals surface area contributed by atoms with Gasteiger partial charge in [-0.25, -0.2) is 4.98 Å². The first kappa shape index (κ1) is 13.0. The minimum Gasteiger partial charge on any atom is -0.486 e. The van der Waals surface area contributed by atoms with Crippen LogP contribution in [0, 0.1) is 5.92 Å². The molecule has 2 aliphatic rings. The number of hydrogen-bond donors (Lipinski definition) is 2. The first-order valence-corrected chi connectivity index (χ1v) is 7.87. The summed E-state index contributed by atoms with van der Waals surface area (Å²) < 4.78 is 11.2. The van der Waals surface area contributed by atoms with Crippen molar-refractivity contribution < 1.29 is 9.47 Å². The number of nitrogens with zero attached hydrogens (tertiary/aromatic N) is 1. The van der Waals surface area contributed by atoms with E-state index in [2.05, 4.69) is 10.3 Å². The average molecular weight is 287 g/mol. The fourth-order valence-corrected chi connectivity index (χ4v) is 3.23. The zero-order valence-corrected chi connectivity index (χ0v) is 12.2. The molecule has 0 spiro atoms. The van der Waals surface area contributed by atoms with E-state index in [1.54, 1.807) is 0 Å². The molecule has 0 saturated carbocycles. The number of aryl methyl sites for hydroxylation is 1. The molecule has 5 heteroatoms. The van der Waals surface area contributed by atoms with Gasteiger partial charge in [-0.1, -0.05) is 0 Å². The maximum absolute atomic E-state index is 5.62. The number of fused-ring (bicyclic) bond motifs is 2. The summed E-state index contributed by atoms with van der Waals surface area (Å²) in [4.78, 5) is 8.12. The van der Waals surface area contributed by atoms with Gasteiger partial charge in [0.05, 0.1) is 11.0 Å². The van der Waals surface area contributed by atoms with Crippen LogP contribution in [-0.2, 0) is 6.42 Å². The van der Waals surface area contributed by atoms with E-state index in [9.17, 15) is 0 Å².